The molecule has 0 amide bonds. The molecule has 0 unspecified atom stereocenters. The molecule has 1 aromatic carbocycles. The van der Waals surface area contributed by atoms with Crippen LogP contribution >= 0.6 is 0 Å². The van der Waals surface area contributed by atoms with Gasteiger partial charge < -0.3 is 15.6 Å². The molecule has 70 valence electrons. The minimum Gasteiger partial charge on any atom is -0.544 e. The van der Waals surface area contributed by atoms with Crippen LogP contribution in [0.15, 0.2) is 18.2 Å². The lowest BCUT2D eigenvalue weighted by molar-refractivity contribution is -0.443. The highest BCUT2D eigenvalue weighted by Gasteiger charge is 2.17. The second-order valence-electron chi connectivity index (χ2n) is 2.51. The summed E-state index contributed by atoms with van der Waals surface area (Å²) < 4.78 is 25.5. The second kappa shape index (κ2) is 3.49. The van der Waals surface area contributed by atoms with Crippen molar-refractivity contribution in [1.82, 2.24) is 0 Å². The molecular formula is C8H7F2NO2. The molecule has 3 nitrogen and oxygen atoms in total. The van der Waals surface area contributed by atoms with Gasteiger partial charge in [-0.05, 0) is 12.1 Å². The maximum Gasteiger partial charge on any atom is 0.168 e. The van der Waals surface area contributed by atoms with Crippen LogP contribution in [0, 0.1) is 11.6 Å². The predicted molar refractivity (Wildman–Crippen MR) is 37.0 cm³/mol. The number of rotatable bonds is 2. The van der Waals surface area contributed by atoms with Gasteiger partial charge in [0.05, 0.1) is 5.56 Å². The number of carboxylic acids is 1. The number of benzene rings is 1. The van der Waals surface area contributed by atoms with E-state index in [1.807, 2.05) is 0 Å². The number of halogens is 2. The van der Waals surface area contributed by atoms with Gasteiger partial charge in [0.1, 0.15) is 5.97 Å². The standard InChI is InChI=1S/C8H7F2NO2/c9-5-3-1-2-4(6(5)10)7(11)8(12)13/h1-3,7H,11H2,(H,12,13)/t7-/m1/s1. The number of hydrogen-bond acceptors (Lipinski definition) is 2. The first-order valence-electron chi connectivity index (χ1n) is 3.52. The molecule has 0 aliphatic heterocycles. The SMILES string of the molecule is [NH3+][C@@H](C(=O)[O-])c1cccc(F)c1F. The Morgan fingerprint density at radius 1 is 1.46 bits per heavy atom. The average Bonchev–Trinajstić information content (AvgIpc) is 2.08. The lowest BCUT2D eigenvalue weighted by atomic mass is 10.1. The van der Waals surface area contributed by atoms with Crippen molar-refractivity contribution in [1.29, 1.82) is 0 Å². The van der Waals surface area contributed by atoms with Crippen LogP contribution in [0.2, 0.25) is 0 Å². The molecule has 13 heavy (non-hydrogen) atoms. The van der Waals surface area contributed by atoms with Crippen molar-refractivity contribution >= 4 is 5.97 Å². The van der Waals surface area contributed by atoms with Crippen molar-refractivity contribution in [2.45, 2.75) is 6.04 Å². The van der Waals surface area contributed by atoms with E-state index in [4.69, 9.17) is 0 Å². The number of carboxylic acid groups (broad SMARTS) is 1. The van der Waals surface area contributed by atoms with Gasteiger partial charge in [-0.3, -0.25) is 0 Å². The lowest BCUT2D eigenvalue weighted by Gasteiger charge is -2.10. The minimum absolute atomic E-state index is 0.306. The third kappa shape index (κ3) is 1.81. The molecule has 1 atom stereocenters. The van der Waals surface area contributed by atoms with Crippen LogP contribution in [0.5, 0.6) is 0 Å². The quantitative estimate of drug-likeness (QED) is 0.645. The fraction of sp³-hybridized carbons (Fsp3) is 0.125. The Bertz CT molecular complexity index is 341. The zero-order valence-corrected chi connectivity index (χ0v) is 6.59. The second-order valence-corrected chi connectivity index (χ2v) is 2.51. The van der Waals surface area contributed by atoms with E-state index in [9.17, 15) is 18.7 Å². The van der Waals surface area contributed by atoms with Crippen LogP contribution in [0.3, 0.4) is 0 Å². The van der Waals surface area contributed by atoms with Gasteiger partial charge in [0.25, 0.3) is 0 Å². The first kappa shape index (κ1) is 9.60. The molecule has 0 aliphatic carbocycles. The van der Waals surface area contributed by atoms with Crippen LogP contribution in [-0.4, -0.2) is 5.97 Å². The van der Waals surface area contributed by atoms with E-state index in [1.54, 1.807) is 0 Å². The van der Waals surface area contributed by atoms with E-state index in [-0.39, 0.29) is 5.56 Å². The third-order valence-corrected chi connectivity index (χ3v) is 1.64. The van der Waals surface area contributed by atoms with Gasteiger partial charge in [-0.1, -0.05) is 6.07 Å². The third-order valence-electron chi connectivity index (χ3n) is 1.64. The summed E-state index contributed by atoms with van der Waals surface area (Å²) in [7, 11) is 0. The van der Waals surface area contributed by atoms with Gasteiger partial charge >= 0.3 is 0 Å². The lowest BCUT2D eigenvalue weighted by Crippen LogP contribution is -2.61. The molecule has 3 N–H and O–H groups in total. The molecule has 0 bridgehead atoms. The van der Waals surface area contributed by atoms with Gasteiger partial charge in [0, 0.05) is 0 Å². The van der Waals surface area contributed by atoms with E-state index >= 15 is 0 Å². The molecule has 0 saturated heterocycles. The highest BCUT2D eigenvalue weighted by Crippen LogP contribution is 2.15. The molecular weight excluding hydrogens is 180 g/mol. The van der Waals surface area contributed by atoms with Crippen molar-refractivity contribution in [3.8, 4) is 0 Å². The highest BCUT2D eigenvalue weighted by molar-refractivity contribution is 5.71. The van der Waals surface area contributed by atoms with Crippen molar-refractivity contribution in [2.75, 3.05) is 0 Å². The summed E-state index contributed by atoms with van der Waals surface area (Å²) in [6.45, 7) is 0. The van der Waals surface area contributed by atoms with E-state index < -0.39 is 23.6 Å². The molecule has 0 aliphatic rings. The Labute approximate surface area is 72.8 Å². The van der Waals surface area contributed by atoms with Gasteiger partial charge in [-0.2, -0.15) is 0 Å². The molecule has 0 radical (unpaired) electrons. The first-order chi connectivity index (χ1) is 6.04. The molecule has 1 aromatic rings. The zero-order chi connectivity index (χ0) is 10.0. The van der Waals surface area contributed by atoms with Crippen LogP contribution in [0.4, 0.5) is 8.78 Å². The first-order valence-corrected chi connectivity index (χ1v) is 3.52. The smallest absolute Gasteiger partial charge is 0.168 e. The zero-order valence-electron chi connectivity index (χ0n) is 6.59. The number of carbonyl (C=O) groups excluding carboxylic acids is 1. The average molecular weight is 187 g/mol. The van der Waals surface area contributed by atoms with Crippen molar-refractivity contribution in [3.05, 3.63) is 35.4 Å². The Kier molecular flexibility index (Phi) is 2.57. The molecule has 0 saturated carbocycles. The summed E-state index contributed by atoms with van der Waals surface area (Å²) >= 11 is 0. The molecule has 0 heterocycles. The minimum atomic E-state index is -1.54. The van der Waals surface area contributed by atoms with Crippen molar-refractivity contribution in [3.63, 3.8) is 0 Å². The monoisotopic (exact) mass is 187 g/mol. The summed E-state index contributed by atoms with van der Waals surface area (Å²) in [5.41, 5.74) is 2.84. The summed E-state index contributed by atoms with van der Waals surface area (Å²) in [5.74, 6) is -3.82. The van der Waals surface area contributed by atoms with Crippen LogP contribution < -0.4 is 10.8 Å². The number of hydrogen-bond donors (Lipinski definition) is 1. The summed E-state index contributed by atoms with van der Waals surface area (Å²) in [5, 5.41) is 10.3. The molecule has 0 fully saturated rings. The van der Waals surface area contributed by atoms with E-state index in [2.05, 4.69) is 5.73 Å². The van der Waals surface area contributed by atoms with Crippen molar-refractivity contribution < 1.29 is 24.4 Å². The van der Waals surface area contributed by atoms with Crippen LogP contribution in [0.1, 0.15) is 11.6 Å². The number of carbonyl (C=O) groups is 1. The summed E-state index contributed by atoms with van der Waals surface area (Å²) in [6, 6.07) is 1.89. The Hall–Kier alpha value is -1.49. The fourth-order valence-corrected chi connectivity index (χ4v) is 0.917. The normalized spacial score (nSPS) is 12.5. The van der Waals surface area contributed by atoms with Gasteiger partial charge in [0.15, 0.2) is 17.7 Å². The van der Waals surface area contributed by atoms with Gasteiger partial charge in [0.2, 0.25) is 0 Å². The Balaban J connectivity index is 3.15. The summed E-state index contributed by atoms with van der Waals surface area (Å²) in [6.07, 6.45) is 0. The van der Waals surface area contributed by atoms with Crippen molar-refractivity contribution in [2.24, 2.45) is 0 Å². The molecule has 5 heteroatoms. The van der Waals surface area contributed by atoms with Crippen LogP contribution in [-0.2, 0) is 4.79 Å². The Morgan fingerprint density at radius 2 is 2.08 bits per heavy atom. The molecule has 1 rings (SSSR count). The maximum atomic E-state index is 12.9. The molecule has 0 spiro atoms. The predicted octanol–water partition coefficient (Wildman–Crippen LogP) is -1.00. The molecule has 0 aromatic heterocycles. The fourth-order valence-electron chi connectivity index (χ4n) is 0.917. The number of quaternary nitrogens is 1. The largest absolute Gasteiger partial charge is 0.544 e. The Morgan fingerprint density at radius 3 is 2.62 bits per heavy atom. The topological polar surface area (TPSA) is 67.8 Å². The maximum absolute atomic E-state index is 12.9. The van der Waals surface area contributed by atoms with E-state index in [1.165, 1.54) is 6.07 Å². The van der Waals surface area contributed by atoms with Crippen LogP contribution in [0.25, 0.3) is 0 Å². The highest BCUT2D eigenvalue weighted by atomic mass is 19.2. The number of aliphatic carboxylic acids is 1. The van der Waals surface area contributed by atoms with E-state index in [0.29, 0.717) is 0 Å². The van der Waals surface area contributed by atoms with E-state index in [0.717, 1.165) is 12.1 Å². The van der Waals surface area contributed by atoms with Gasteiger partial charge in [-0.25, -0.2) is 8.78 Å². The van der Waals surface area contributed by atoms with Gasteiger partial charge in [-0.15, -0.1) is 0 Å². The summed E-state index contributed by atoms with van der Waals surface area (Å²) in [4.78, 5) is 10.3.